The Kier molecular flexibility index (Phi) is 5.87. The monoisotopic (exact) mass is 400 g/mol. The predicted octanol–water partition coefficient (Wildman–Crippen LogP) is 3.77. The van der Waals surface area contributed by atoms with Crippen LogP contribution in [0.2, 0.25) is 0 Å². The van der Waals surface area contributed by atoms with E-state index in [-0.39, 0.29) is 17.8 Å². The summed E-state index contributed by atoms with van der Waals surface area (Å²) in [6.07, 6.45) is 2.22. The molecule has 0 aliphatic heterocycles. The summed E-state index contributed by atoms with van der Waals surface area (Å²) < 4.78 is 24.1. The number of ether oxygens (including phenoxy) is 1. The largest absolute Gasteiger partial charge is 0.464 e. The molecule has 150 valence electrons. The number of halogens is 1. The number of fused-ring (bicyclic) bond motifs is 1. The van der Waals surface area contributed by atoms with E-state index in [1.165, 1.54) is 6.26 Å². The van der Waals surface area contributed by atoms with E-state index in [0.29, 0.717) is 11.1 Å². The topological polar surface area (TPSA) is 112 Å². The van der Waals surface area contributed by atoms with E-state index in [4.69, 9.17) is 9.15 Å². The predicted molar refractivity (Wildman–Crippen MR) is 102 cm³/mol. The number of esters is 1. The molecular formula is C20H17FN2O6. The lowest BCUT2D eigenvalue weighted by Crippen LogP contribution is -2.22. The van der Waals surface area contributed by atoms with Crippen LogP contribution in [0.15, 0.2) is 47.1 Å². The zero-order valence-electron chi connectivity index (χ0n) is 15.4. The third-order valence-electron chi connectivity index (χ3n) is 4.26. The Morgan fingerprint density at radius 3 is 2.76 bits per heavy atom. The Balaban J connectivity index is 1.58. The molecular weight excluding hydrogens is 383 g/mol. The molecule has 1 aromatic heterocycles. The molecule has 9 heteroatoms. The summed E-state index contributed by atoms with van der Waals surface area (Å²) in [5.74, 6) is -2.32. The van der Waals surface area contributed by atoms with Gasteiger partial charge in [-0.1, -0.05) is 19.1 Å². The van der Waals surface area contributed by atoms with Crippen LogP contribution in [-0.4, -0.2) is 23.4 Å². The lowest BCUT2D eigenvalue weighted by atomic mass is 10.1. The van der Waals surface area contributed by atoms with Crippen molar-refractivity contribution in [2.24, 2.45) is 0 Å². The maximum absolute atomic E-state index is 13.7. The summed E-state index contributed by atoms with van der Waals surface area (Å²) in [5.41, 5.74) is 1.64. The number of hydrogen-bond acceptors (Lipinski definition) is 6. The number of non-ortho nitro benzene ring substituents is 1. The summed E-state index contributed by atoms with van der Waals surface area (Å²) in [4.78, 5) is 34.0. The van der Waals surface area contributed by atoms with E-state index < -0.39 is 29.2 Å². The molecule has 1 heterocycles. The number of aryl methyl sites for hydroxylation is 1. The Bertz CT molecular complexity index is 1090. The van der Waals surface area contributed by atoms with Crippen molar-refractivity contribution in [2.45, 2.75) is 19.8 Å². The molecule has 0 aliphatic carbocycles. The van der Waals surface area contributed by atoms with Crippen LogP contribution in [0.3, 0.4) is 0 Å². The van der Waals surface area contributed by atoms with Gasteiger partial charge in [0.15, 0.2) is 6.61 Å². The van der Waals surface area contributed by atoms with Crippen molar-refractivity contribution in [3.63, 3.8) is 0 Å². The van der Waals surface area contributed by atoms with Crippen molar-refractivity contribution >= 4 is 34.2 Å². The van der Waals surface area contributed by atoms with E-state index in [9.17, 15) is 24.1 Å². The minimum atomic E-state index is -0.841. The van der Waals surface area contributed by atoms with Crippen LogP contribution in [0.4, 0.5) is 15.8 Å². The Morgan fingerprint density at radius 2 is 2.03 bits per heavy atom. The van der Waals surface area contributed by atoms with E-state index in [1.54, 1.807) is 0 Å². The van der Waals surface area contributed by atoms with Crippen LogP contribution in [-0.2, 0) is 27.2 Å². The van der Waals surface area contributed by atoms with Gasteiger partial charge in [-0.05, 0) is 24.1 Å². The molecule has 0 saturated carbocycles. The number of benzene rings is 2. The van der Waals surface area contributed by atoms with Gasteiger partial charge in [0.25, 0.3) is 11.6 Å². The summed E-state index contributed by atoms with van der Waals surface area (Å²) in [7, 11) is 0. The first-order valence-electron chi connectivity index (χ1n) is 8.75. The molecule has 3 rings (SSSR count). The van der Waals surface area contributed by atoms with Crippen LogP contribution in [0, 0.1) is 15.9 Å². The number of rotatable bonds is 7. The third kappa shape index (κ3) is 4.75. The molecule has 8 nitrogen and oxygen atoms in total. The number of hydrogen-bond donors (Lipinski definition) is 1. The van der Waals surface area contributed by atoms with Crippen molar-refractivity contribution in [1.29, 1.82) is 0 Å². The molecule has 0 fully saturated rings. The van der Waals surface area contributed by atoms with Crippen molar-refractivity contribution in [3.05, 3.63) is 69.7 Å². The third-order valence-corrected chi connectivity index (χ3v) is 4.26. The molecule has 3 aromatic rings. The number of nitro groups is 1. The minimum Gasteiger partial charge on any atom is -0.464 e. The molecule has 2 aromatic carbocycles. The second-order valence-corrected chi connectivity index (χ2v) is 6.25. The van der Waals surface area contributed by atoms with Crippen LogP contribution in [0.1, 0.15) is 18.1 Å². The second-order valence-electron chi connectivity index (χ2n) is 6.25. The summed E-state index contributed by atoms with van der Waals surface area (Å²) in [6, 6.07) is 8.42. The minimum absolute atomic E-state index is 0.100. The van der Waals surface area contributed by atoms with Gasteiger partial charge < -0.3 is 14.5 Å². The molecule has 0 spiro atoms. The zero-order valence-corrected chi connectivity index (χ0v) is 15.4. The van der Waals surface area contributed by atoms with Gasteiger partial charge in [-0.15, -0.1) is 0 Å². The first-order chi connectivity index (χ1) is 13.9. The molecule has 0 aliphatic rings. The molecule has 0 radical (unpaired) electrons. The summed E-state index contributed by atoms with van der Waals surface area (Å²) in [5, 5.41) is 13.7. The van der Waals surface area contributed by atoms with Gasteiger partial charge in [-0.2, -0.15) is 0 Å². The van der Waals surface area contributed by atoms with Gasteiger partial charge in [-0.3, -0.25) is 19.7 Å². The van der Waals surface area contributed by atoms with Crippen molar-refractivity contribution in [3.8, 4) is 0 Å². The molecule has 0 unspecified atom stereocenters. The van der Waals surface area contributed by atoms with E-state index >= 15 is 0 Å². The molecule has 29 heavy (non-hydrogen) atoms. The SMILES string of the molecule is CCc1ccc2c(CC(=O)OCC(=O)Nc3cc([N+](=O)[O-])ccc3F)coc2c1. The Labute approximate surface area is 164 Å². The number of nitro benzene ring substituents is 1. The standard InChI is InChI=1S/C20H17FN2O6/c1-2-12-3-5-15-13(10-28-18(15)7-12)8-20(25)29-11-19(24)22-17-9-14(23(26)27)4-6-16(17)21/h3-7,9-10H,2,8,11H2,1H3,(H,22,24). The second kappa shape index (κ2) is 8.51. The first kappa shape index (κ1) is 20.0. The van der Waals surface area contributed by atoms with E-state index in [0.717, 1.165) is 35.6 Å². The molecule has 0 saturated heterocycles. The Hall–Kier alpha value is -3.75. The Morgan fingerprint density at radius 1 is 1.24 bits per heavy atom. The summed E-state index contributed by atoms with van der Waals surface area (Å²) in [6.45, 7) is 1.36. The number of carbonyl (C=O) groups is 2. The quantitative estimate of drug-likeness (QED) is 0.367. The first-order valence-corrected chi connectivity index (χ1v) is 8.75. The normalized spacial score (nSPS) is 10.7. The molecule has 0 atom stereocenters. The molecule has 1 N–H and O–H groups in total. The number of furan rings is 1. The van der Waals surface area contributed by atoms with Crippen LogP contribution in [0.5, 0.6) is 0 Å². The van der Waals surface area contributed by atoms with Crippen molar-refractivity contribution in [2.75, 3.05) is 11.9 Å². The van der Waals surface area contributed by atoms with E-state index in [1.807, 2.05) is 25.1 Å². The molecule has 0 bridgehead atoms. The molecule has 1 amide bonds. The van der Waals surface area contributed by atoms with Gasteiger partial charge in [0, 0.05) is 23.1 Å². The van der Waals surface area contributed by atoms with Crippen molar-refractivity contribution < 1.29 is 28.1 Å². The number of carbonyl (C=O) groups excluding carboxylic acids is 2. The van der Waals surface area contributed by atoms with Crippen LogP contribution < -0.4 is 5.32 Å². The summed E-state index contributed by atoms with van der Waals surface area (Å²) >= 11 is 0. The van der Waals surface area contributed by atoms with Gasteiger partial charge in [0.05, 0.1) is 23.3 Å². The fourth-order valence-electron chi connectivity index (χ4n) is 2.75. The van der Waals surface area contributed by atoms with Crippen molar-refractivity contribution in [1.82, 2.24) is 0 Å². The smallest absolute Gasteiger partial charge is 0.310 e. The zero-order chi connectivity index (χ0) is 21.0. The van der Waals surface area contributed by atoms with Gasteiger partial charge in [0.1, 0.15) is 11.4 Å². The fraction of sp³-hybridized carbons (Fsp3) is 0.200. The maximum atomic E-state index is 13.7. The van der Waals surface area contributed by atoms with E-state index in [2.05, 4.69) is 5.32 Å². The van der Waals surface area contributed by atoms with Crippen LogP contribution in [0.25, 0.3) is 11.0 Å². The maximum Gasteiger partial charge on any atom is 0.310 e. The average Bonchev–Trinajstić information content (AvgIpc) is 3.09. The van der Waals surface area contributed by atoms with Crippen LogP contribution >= 0.6 is 0 Å². The average molecular weight is 400 g/mol. The highest BCUT2D eigenvalue weighted by Crippen LogP contribution is 2.24. The lowest BCUT2D eigenvalue weighted by Gasteiger charge is -2.07. The number of nitrogens with zero attached hydrogens (tertiary/aromatic N) is 1. The highest BCUT2D eigenvalue weighted by molar-refractivity contribution is 5.93. The number of amides is 1. The number of nitrogens with one attached hydrogen (secondary N) is 1. The highest BCUT2D eigenvalue weighted by atomic mass is 19.1. The van der Waals surface area contributed by atoms with Gasteiger partial charge in [0.2, 0.25) is 0 Å². The van der Waals surface area contributed by atoms with Gasteiger partial charge >= 0.3 is 5.97 Å². The fourth-order valence-corrected chi connectivity index (χ4v) is 2.75. The lowest BCUT2D eigenvalue weighted by molar-refractivity contribution is -0.384. The van der Waals surface area contributed by atoms with Gasteiger partial charge in [-0.25, -0.2) is 4.39 Å². The number of anilines is 1. The highest BCUT2D eigenvalue weighted by Gasteiger charge is 2.16.